The molecule has 1 unspecified atom stereocenters. The van der Waals surface area contributed by atoms with Crippen LogP contribution in [0.2, 0.25) is 15.1 Å². The molecule has 0 spiro atoms. The zero-order chi connectivity index (χ0) is 13.2. The minimum Gasteiger partial charge on any atom is -0.480 e. The Balaban J connectivity index is 3.05. The summed E-state index contributed by atoms with van der Waals surface area (Å²) in [4.78, 5) is 11.1. The highest BCUT2D eigenvalue weighted by Crippen LogP contribution is 2.34. The molecule has 1 aromatic rings. The maximum Gasteiger partial charge on any atom is 0.326 e. The van der Waals surface area contributed by atoms with Crippen LogP contribution in [0.4, 0.5) is 5.69 Å². The quantitative estimate of drug-likeness (QED) is 0.877. The summed E-state index contributed by atoms with van der Waals surface area (Å²) in [7, 11) is 0. The van der Waals surface area contributed by atoms with E-state index in [2.05, 4.69) is 5.32 Å². The second-order valence-electron chi connectivity index (χ2n) is 3.95. The molecule has 17 heavy (non-hydrogen) atoms. The highest BCUT2D eigenvalue weighted by Gasteiger charge is 2.23. The van der Waals surface area contributed by atoms with E-state index in [4.69, 9.17) is 39.9 Å². The highest BCUT2D eigenvalue weighted by atomic mass is 35.5. The van der Waals surface area contributed by atoms with E-state index in [1.807, 2.05) is 0 Å². The second-order valence-corrected chi connectivity index (χ2v) is 5.20. The Hall–Kier alpha value is -0.640. The van der Waals surface area contributed by atoms with Gasteiger partial charge in [-0.25, -0.2) is 4.79 Å². The van der Waals surface area contributed by atoms with Gasteiger partial charge < -0.3 is 10.4 Å². The smallest absolute Gasteiger partial charge is 0.326 e. The van der Waals surface area contributed by atoms with E-state index in [9.17, 15) is 4.79 Å². The lowest BCUT2D eigenvalue weighted by atomic mass is 10.0. The predicted molar refractivity (Wildman–Crippen MR) is 71.4 cm³/mol. The Bertz CT molecular complexity index is 412. The molecule has 0 saturated carbocycles. The molecule has 1 atom stereocenters. The van der Waals surface area contributed by atoms with Gasteiger partial charge in [-0.05, 0) is 18.1 Å². The Morgan fingerprint density at radius 3 is 2.06 bits per heavy atom. The monoisotopic (exact) mass is 295 g/mol. The van der Waals surface area contributed by atoms with Crippen LogP contribution in [0.3, 0.4) is 0 Å². The van der Waals surface area contributed by atoms with Crippen LogP contribution in [-0.2, 0) is 4.79 Å². The fourth-order valence-electron chi connectivity index (χ4n) is 1.35. The van der Waals surface area contributed by atoms with Crippen molar-refractivity contribution in [1.82, 2.24) is 0 Å². The van der Waals surface area contributed by atoms with Gasteiger partial charge in [0.05, 0.1) is 15.7 Å². The third kappa shape index (κ3) is 3.66. The fourth-order valence-corrected chi connectivity index (χ4v) is 2.28. The third-order valence-corrected chi connectivity index (χ3v) is 3.05. The van der Waals surface area contributed by atoms with E-state index < -0.39 is 12.0 Å². The molecule has 3 nitrogen and oxygen atoms in total. The van der Waals surface area contributed by atoms with Crippen LogP contribution in [-0.4, -0.2) is 17.1 Å². The molecule has 0 bridgehead atoms. The van der Waals surface area contributed by atoms with Gasteiger partial charge in [0.1, 0.15) is 6.04 Å². The molecule has 0 aliphatic heterocycles. The summed E-state index contributed by atoms with van der Waals surface area (Å²) in [5.41, 5.74) is 0.388. The lowest BCUT2D eigenvalue weighted by molar-refractivity contribution is -0.138. The molecule has 0 aromatic heterocycles. The minimum absolute atomic E-state index is 0.102. The molecule has 0 saturated heterocycles. The molecular formula is C11H12Cl3NO2. The Morgan fingerprint density at radius 1 is 1.24 bits per heavy atom. The lowest BCUT2D eigenvalue weighted by Crippen LogP contribution is -2.34. The summed E-state index contributed by atoms with van der Waals surface area (Å²) in [5.74, 6) is -1.06. The first-order chi connectivity index (χ1) is 7.82. The van der Waals surface area contributed by atoms with E-state index in [-0.39, 0.29) is 5.92 Å². The zero-order valence-electron chi connectivity index (χ0n) is 9.30. The van der Waals surface area contributed by atoms with Crippen molar-refractivity contribution in [2.45, 2.75) is 19.9 Å². The fraction of sp³-hybridized carbons (Fsp3) is 0.364. The molecular weight excluding hydrogens is 284 g/mol. The molecule has 0 aliphatic rings. The summed E-state index contributed by atoms with van der Waals surface area (Å²) < 4.78 is 0. The number of rotatable bonds is 4. The van der Waals surface area contributed by atoms with Crippen LogP contribution in [0.5, 0.6) is 0 Å². The van der Waals surface area contributed by atoms with E-state index in [0.717, 1.165) is 0 Å². The van der Waals surface area contributed by atoms with Crippen LogP contribution < -0.4 is 5.32 Å². The summed E-state index contributed by atoms with van der Waals surface area (Å²) in [6, 6.07) is 2.26. The van der Waals surface area contributed by atoms with Gasteiger partial charge in [0.25, 0.3) is 0 Å². The third-order valence-electron chi connectivity index (χ3n) is 2.24. The number of anilines is 1. The molecule has 1 aromatic carbocycles. The molecule has 2 N–H and O–H groups in total. The van der Waals surface area contributed by atoms with Crippen molar-refractivity contribution in [3.63, 3.8) is 0 Å². The van der Waals surface area contributed by atoms with Crippen molar-refractivity contribution in [1.29, 1.82) is 0 Å². The maximum atomic E-state index is 11.1. The number of carboxylic acids is 1. The van der Waals surface area contributed by atoms with Gasteiger partial charge in [-0.15, -0.1) is 0 Å². The van der Waals surface area contributed by atoms with Crippen molar-refractivity contribution in [3.05, 3.63) is 27.2 Å². The van der Waals surface area contributed by atoms with E-state index in [0.29, 0.717) is 20.8 Å². The van der Waals surface area contributed by atoms with Crippen LogP contribution in [0.1, 0.15) is 13.8 Å². The van der Waals surface area contributed by atoms with Gasteiger partial charge in [0.2, 0.25) is 0 Å². The molecule has 0 radical (unpaired) electrons. The number of carbonyl (C=O) groups is 1. The molecule has 1 rings (SSSR count). The maximum absolute atomic E-state index is 11.1. The van der Waals surface area contributed by atoms with E-state index >= 15 is 0 Å². The molecule has 6 heteroatoms. The van der Waals surface area contributed by atoms with Gasteiger partial charge in [-0.3, -0.25) is 0 Å². The van der Waals surface area contributed by atoms with Crippen LogP contribution in [0.15, 0.2) is 12.1 Å². The van der Waals surface area contributed by atoms with Crippen LogP contribution >= 0.6 is 34.8 Å². The first-order valence-electron chi connectivity index (χ1n) is 4.96. The summed E-state index contributed by atoms with van der Waals surface area (Å²) in [6.07, 6.45) is 0. The van der Waals surface area contributed by atoms with Gasteiger partial charge in [-0.1, -0.05) is 48.7 Å². The van der Waals surface area contributed by atoms with Gasteiger partial charge >= 0.3 is 5.97 Å². The number of hydrogen-bond donors (Lipinski definition) is 2. The van der Waals surface area contributed by atoms with E-state index in [1.165, 1.54) is 12.1 Å². The van der Waals surface area contributed by atoms with Crippen LogP contribution in [0.25, 0.3) is 0 Å². The largest absolute Gasteiger partial charge is 0.480 e. The molecule has 0 heterocycles. The van der Waals surface area contributed by atoms with E-state index in [1.54, 1.807) is 13.8 Å². The average molecular weight is 297 g/mol. The van der Waals surface area contributed by atoms with Crippen molar-refractivity contribution in [3.8, 4) is 0 Å². The van der Waals surface area contributed by atoms with Crippen molar-refractivity contribution < 1.29 is 9.90 Å². The predicted octanol–water partition coefficient (Wildman–Crippen LogP) is 4.17. The number of carboxylic acid groups (broad SMARTS) is 1. The van der Waals surface area contributed by atoms with Crippen molar-refractivity contribution in [2.24, 2.45) is 5.92 Å². The SMILES string of the molecule is CC(C)C(Nc1c(Cl)cc(Cl)cc1Cl)C(=O)O. The molecule has 0 fully saturated rings. The minimum atomic E-state index is -0.956. The zero-order valence-corrected chi connectivity index (χ0v) is 11.6. The average Bonchev–Trinajstić information content (AvgIpc) is 2.14. The standard InChI is InChI=1S/C11H12Cl3NO2/c1-5(2)9(11(16)17)15-10-7(13)3-6(12)4-8(10)14/h3-5,9,15H,1-2H3,(H,16,17). The number of benzene rings is 1. The highest BCUT2D eigenvalue weighted by molar-refractivity contribution is 6.41. The summed E-state index contributed by atoms with van der Waals surface area (Å²) in [5, 5.41) is 12.9. The van der Waals surface area contributed by atoms with Gasteiger partial charge in [-0.2, -0.15) is 0 Å². The molecule has 0 aliphatic carbocycles. The second kappa shape index (κ2) is 5.80. The summed E-state index contributed by atoms with van der Waals surface area (Å²) in [6.45, 7) is 3.59. The molecule has 94 valence electrons. The van der Waals surface area contributed by atoms with Crippen molar-refractivity contribution >= 4 is 46.5 Å². The van der Waals surface area contributed by atoms with Crippen molar-refractivity contribution in [2.75, 3.05) is 5.32 Å². The number of halogens is 3. The number of hydrogen-bond acceptors (Lipinski definition) is 2. The molecule has 0 amide bonds. The first-order valence-corrected chi connectivity index (χ1v) is 6.10. The number of aliphatic carboxylic acids is 1. The topological polar surface area (TPSA) is 49.3 Å². The Kier molecular flexibility index (Phi) is 4.92. The number of nitrogens with one attached hydrogen (secondary N) is 1. The first kappa shape index (κ1) is 14.4. The van der Waals surface area contributed by atoms with Crippen LogP contribution in [0, 0.1) is 5.92 Å². The lowest BCUT2D eigenvalue weighted by Gasteiger charge is -2.20. The van der Waals surface area contributed by atoms with Gasteiger partial charge in [0, 0.05) is 5.02 Å². The summed E-state index contributed by atoms with van der Waals surface area (Å²) >= 11 is 17.7. The van der Waals surface area contributed by atoms with Gasteiger partial charge in [0.15, 0.2) is 0 Å². The Morgan fingerprint density at radius 2 is 1.71 bits per heavy atom. The Labute approximate surface area is 115 Å². The normalized spacial score (nSPS) is 12.6.